The van der Waals surface area contributed by atoms with Gasteiger partial charge in [0.25, 0.3) is 0 Å². The zero-order valence-electron chi connectivity index (χ0n) is 20.0. The van der Waals surface area contributed by atoms with Gasteiger partial charge in [0.05, 0.1) is 0 Å². The van der Waals surface area contributed by atoms with Crippen LogP contribution in [0.2, 0.25) is 18.1 Å². The van der Waals surface area contributed by atoms with Crippen molar-refractivity contribution in [3.8, 4) is 5.75 Å². The number of hydrogen-bond donors (Lipinski definition) is 3. The smallest absolute Gasteiger partial charge is 0.404 e. The van der Waals surface area contributed by atoms with Crippen LogP contribution in [0.5, 0.6) is 5.75 Å². The minimum absolute atomic E-state index is 0.0226. The highest BCUT2D eigenvalue weighted by Crippen LogP contribution is 2.46. The van der Waals surface area contributed by atoms with E-state index in [1.165, 1.54) is 11.8 Å². The number of benzene rings is 2. The molecule has 3 N–H and O–H groups in total. The van der Waals surface area contributed by atoms with Crippen LogP contribution in [0.25, 0.3) is 0 Å². The fourth-order valence-electron chi connectivity index (χ4n) is 3.29. The first-order chi connectivity index (χ1) is 15.8. The van der Waals surface area contributed by atoms with Gasteiger partial charge < -0.3 is 14.8 Å². The maximum absolute atomic E-state index is 14.5. The molecule has 0 aliphatic carbocycles. The minimum atomic E-state index is -2.08. The number of hydrazone groups is 1. The first-order valence-corrected chi connectivity index (χ1v) is 14.8. The van der Waals surface area contributed by atoms with Gasteiger partial charge >= 0.3 is 6.09 Å². The topological polar surface area (TPSA) is 83.0 Å². The number of amides is 1. The van der Waals surface area contributed by atoms with Gasteiger partial charge in [-0.1, -0.05) is 44.7 Å². The Balaban J connectivity index is 1.91. The summed E-state index contributed by atoms with van der Waals surface area (Å²) in [7, 11) is -2.08. The molecular weight excluding hydrogens is 476 g/mol. The van der Waals surface area contributed by atoms with Crippen molar-refractivity contribution in [3.63, 3.8) is 0 Å². The lowest BCUT2D eigenvalue weighted by atomic mass is 10.0. The van der Waals surface area contributed by atoms with Gasteiger partial charge in [0.15, 0.2) is 0 Å². The molecule has 2 aromatic carbocycles. The van der Waals surface area contributed by atoms with E-state index in [1.54, 1.807) is 0 Å². The molecule has 184 valence electrons. The minimum Gasteiger partial charge on any atom is -0.543 e. The van der Waals surface area contributed by atoms with Crippen LogP contribution in [-0.4, -0.2) is 31.1 Å². The SMILES string of the molecule is CC(C)(C)[Si](C)(C)Oc1cccc(C2(CCCNC(=O)O)NN=C(c3cc(F)ccc3F)S2)c1. The first-order valence-electron chi connectivity index (χ1n) is 11.1. The maximum Gasteiger partial charge on any atom is 0.404 e. The monoisotopic (exact) mass is 507 g/mol. The third-order valence-electron chi connectivity index (χ3n) is 6.23. The second-order valence-corrected chi connectivity index (χ2v) is 15.8. The molecule has 0 bridgehead atoms. The zero-order chi connectivity index (χ0) is 25.1. The van der Waals surface area contributed by atoms with Crippen LogP contribution < -0.4 is 15.2 Å². The Morgan fingerprint density at radius 3 is 2.65 bits per heavy atom. The molecule has 6 nitrogen and oxygen atoms in total. The number of nitrogens with one attached hydrogen (secondary N) is 2. The van der Waals surface area contributed by atoms with E-state index in [4.69, 9.17) is 9.53 Å². The molecule has 3 rings (SSSR count). The number of carboxylic acid groups (broad SMARTS) is 1. The van der Waals surface area contributed by atoms with E-state index < -0.39 is 30.9 Å². The van der Waals surface area contributed by atoms with Gasteiger partial charge in [-0.2, -0.15) is 5.10 Å². The fraction of sp³-hybridized carbons (Fsp3) is 0.417. The second-order valence-electron chi connectivity index (χ2n) is 9.81. The Bertz CT molecular complexity index is 1090. The van der Waals surface area contributed by atoms with Gasteiger partial charge in [0, 0.05) is 12.1 Å². The maximum atomic E-state index is 14.5. The third-order valence-corrected chi connectivity index (χ3v) is 12.0. The molecule has 0 fully saturated rings. The standard InChI is InChI=1S/C24H31F2N3O3SSi/c1-23(2,3)34(4,5)32-18-9-6-8-16(14-18)24(12-7-13-27-22(30)31)29-28-21(33-24)19-15-17(25)10-11-20(19)26/h6,8-11,14-15,27,29H,7,12-13H2,1-5H3,(H,30,31). The summed E-state index contributed by atoms with van der Waals surface area (Å²) in [6.07, 6.45) is -0.0935. The molecule has 0 radical (unpaired) electrons. The van der Waals surface area contributed by atoms with Crippen LogP contribution in [-0.2, 0) is 4.87 Å². The van der Waals surface area contributed by atoms with Crippen LogP contribution in [0.3, 0.4) is 0 Å². The van der Waals surface area contributed by atoms with Crippen LogP contribution >= 0.6 is 11.8 Å². The summed E-state index contributed by atoms with van der Waals surface area (Å²) >= 11 is 1.29. The van der Waals surface area contributed by atoms with Crippen molar-refractivity contribution in [2.75, 3.05) is 6.54 Å². The summed E-state index contributed by atoms with van der Waals surface area (Å²) in [5.74, 6) is -0.375. The van der Waals surface area contributed by atoms with Gasteiger partial charge in [0.2, 0.25) is 8.32 Å². The Hall–Kier alpha value is -2.59. The lowest BCUT2D eigenvalue weighted by Crippen LogP contribution is -2.44. The molecule has 34 heavy (non-hydrogen) atoms. The molecule has 1 unspecified atom stereocenters. The average Bonchev–Trinajstić information content (AvgIpc) is 3.17. The molecule has 1 aliphatic rings. The largest absolute Gasteiger partial charge is 0.543 e. The number of thioether (sulfide) groups is 1. The van der Waals surface area contributed by atoms with E-state index >= 15 is 0 Å². The fourth-order valence-corrected chi connectivity index (χ4v) is 5.59. The van der Waals surface area contributed by atoms with Gasteiger partial charge in [-0.15, -0.1) is 0 Å². The molecule has 1 amide bonds. The predicted molar refractivity (Wildman–Crippen MR) is 135 cm³/mol. The average molecular weight is 508 g/mol. The van der Waals surface area contributed by atoms with Crippen molar-refractivity contribution < 1.29 is 23.1 Å². The molecular formula is C24H31F2N3O3SSi. The predicted octanol–water partition coefficient (Wildman–Crippen LogP) is 6.25. The number of rotatable bonds is 8. The van der Waals surface area contributed by atoms with E-state index in [0.717, 1.165) is 29.5 Å². The lowest BCUT2D eigenvalue weighted by molar-refractivity contribution is 0.194. The number of hydrogen-bond acceptors (Lipinski definition) is 5. The van der Waals surface area contributed by atoms with Gasteiger partial charge in [-0.05, 0) is 66.9 Å². The first kappa shape index (κ1) is 26.0. The Morgan fingerprint density at radius 2 is 1.97 bits per heavy atom. The van der Waals surface area contributed by atoms with Crippen molar-refractivity contribution >= 4 is 31.2 Å². The Kier molecular flexibility index (Phi) is 7.61. The summed E-state index contributed by atoms with van der Waals surface area (Å²) < 4.78 is 34.8. The molecule has 0 aromatic heterocycles. The number of nitrogens with zero attached hydrogens (tertiary/aromatic N) is 1. The van der Waals surface area contributed by atoms with E-state index in [0.29, 0.717) is 17.9 Å². The number of halogens is 2. The molecule has 2 aromatic rings. The zero-order valence-corrected chi connectivity index (χ0v) is 21.9. The second kappa shape index (κ2) is 9.95. The third kappa shape index (κ3) is 5.90. The van der Waals surface area contributed by atoms with Gasteiger partial charge in [-0.25, -0.2) is 13.6 Å². The molecule has 1 heterocycles. The van der Waals surface area contributed by atoms with Crippen LogP contribution in [0.4, 0.5) is 13.6 Å². The Labute approximate surface area is 204 Å². The molecule has 0 spiro atoms. The van der Waals surface area contributed by atoms with E-state index in [-0.39, 0.29) is 17.1 Å². The number of carbonyl (C=O) groups is 1. The molecule has 10 heteroatoms. The summed E-state index contributed by atoms with van der Waals surface area (Å²) in [5, 5.41) is 16.0. The van der Waals surface area contributed by atoms with Crippen molar-refractivity contribution in [2.24, 2.45) is 5.10 Å². The van der Waals surface area contributed by atoms with Crippen molar-refractivity contribution in [1.82, 2.24) is 10.7 Å². The highest BCUT2D eigenvalue weighted by Gasteiger charge is 2.41. The Morgan fingerprint density at radius 1 is 1.24 bits per heavy atom. The highest BCUT2D eigenvalue weighted by molar-refractivity contribution is 8.15. The van der Waals surface area contributed by atoms with Crippen LogP contribution in [0.1, 0.15) is 44.7 Å². The van der Waals surface area contributed by atoms with Crippen molar-refractivity contribution in [1.29, 1.82) is 0 Å². The summed E-state index contributed by atoms with van der Waals surface area (Å²) in [6, 6.07) is 11.0. The summed E-state index contributed by atoms with van der Waals surface area (Å²) in [6.45, 7) is 11.1. The summed E-state index contributed by atoms with van der Waals surface area (Å²) in [5.41, 5.74) is 4.07. The molecule has 0 saturated heterocycles. The van der Waals surface area contributed by atoms with Gasteiger partial charge in [-0.3, -0.25) is 5.43 Å². The normalized spacial score (nSPS) is 18.3. The van der Waals surface area contributed by atoms with Crippen molar-refractivity contribution in [3.05, 3.63) is 65.2 Å². The quantitative estimate of drug-likeness (QED) is 0.291. The lowest BCUT2D eigenvalue weighted by Gasteiger charge is -2.37. The molecule has 1 atom stereocenters. The van der Waals surface area contributed by atoms with Crippen LogP contribution in [0.15, 0.2) is 47.6 Å². The van der Waals surface area contributed by atoms with E-state index in [1.807, 2.05) is 24.3 Å². The summed E-state index contributed by atoms with van der Waals surface area (Å²) in [4.78, 5) is 10.1. The molecule has 1 aliphatic heterocycles. The van der Waals surface area contributed by atoms with Gasteiger partial charge in [0.1, 0.15) is 27.3 Å². The van der Waals surface area contributed by atoms with E-state index in [9.17, 15) is 13.6 Å². The van der Waals surface area contributed by atoms with Crippen molar-refractivity contribution in [2.45, 2.75) is 56.6 Å². The van der Waals surface area contributed by atoms with E-state index in [2.05, 4.69) is 49.7 Å². The van der Waals surface area contributed by atoms with Crippen LogP contribution in [0, 0.1) is 11.6 Å². The molecule has 0 saturated carbocycles. The highest BCUT2D eigenvalue weighted by atomic mass is 32.2.